The van der Waals surface area contributed by atoms with Gasteiger partial charge in [0.25, 0.3) is 0 Å². The second-order valence-corrected chi connectivity index (χ2v) is 8.95. The molecule has 0 aromatic heterocycles. The Balaban J connectivity index is 1.61. The summed E-state index contributed by atoms with van der Waals surface area (Å²) in [5.74, 6) is 0. The van der Waals surface area contributed by atoms with Crippen molar-refractivity contribution in [1.29, 1.82) is 0 Å². The Morgan fingerprint density at radius 2 is 1.71 bits per heavy atom. The second-order valence-electron chi connectivity index (χ2n) is 7.05. The molecular weight excluding hydrogens is 370 g/mol. The van der Waals surface area contributed by atoms with Crippen molar-refractivity contribution in [2.75, 3.05) is 13.6 Å². The van der Waals surface area contributed by atoms with Crippen LogP contribution in [0.15, 0.2) is 76.6 Å². The summed E-state index contributed by atoms with van der Waals surface area (Å²) in [6, 6.07) is 21.1. The quantitative estimate of drug-likeness (QED) is 0.493. The molecule has 1 atom stereocenters. The van der Waals surface area contributed by atoms with Crippen molar-refractivity contribution in [3.63, 3.8) is 0 Å². The van der Waals surface area contributed by atoms with Crippen LogP contribution in [0.5, 0.6) is 0 Å². The van der Waals surface area contributed by atoms with Gasteiger partial charge < -0.3 is 4.90 Å². The average Bonchev–Trinajstić information content (AvgIpc) is 2.70. The van der Waals surface area contributed by atoms with Gasteiger partial charge in [-0.3, -0.25) is 0 Å². The lowest BCUT2D eigenvalue weighted by atomic mass is 10.1. The van der Waals surface area contributed by atoms with Crippen molar-refractivity contribution in [2.24, 2.45) is 4.99 Å². The first-order valence-corrected chi connectivity index (χ1v) is 10.8. The zero-order valence-corrected chi connectivity index (χ0v) is 17.2. The number of likely N-dealkylation sites (N-methyl/N-ethyl adjacent to an activating group) is 1. The molecule has 0 saturated heterocycles. The molecule has 0 bridgehead atoms. The molecule has 0 fully saturated rings. The predicted octanol–water partition coefficient (Wildman–Crippen LogP) is 3.08. The summed E-state index contributed by atoms with van der Waals surface area (Å²) in [6.45, 7) is 4.33. The van der Waals surface area contributed by atoms with E-state index in [1.807, 2.05) is 68.3 Å². The van der Waals surface area contributed by atoms with Crippen LogP contribution in [0, 0.1) is 6.92 Å². The van der Waals surface area contributed by atoms with E-state index in [2.05, 4.69) is 17.1 Å². The molecule has 2 N–H and O–H groups in total. The van der Waals surface area contributed by atoms with Crippen molar-refractivity contribution < 1.29 is 13.1 Å². The Hall–Kier alpha value is -2.70. The van der Waals surface area contributed by atoms with E-state index in [9.17, 15) is 8.42 Å². The van der Waals surface area contributed by atoms with Crippen molar-refractivity contribution in [3.05, 3.63) is 72.3 Å². The normalized spacial score (nSPS) is 13.1. The Kier molecular flexibility index (Phi) is 6.11. The molecule has 3 aromatic rings. The molecular formula is C22H26N3O2S+. The van der Waals surface area contributed by atoms with E-state index in [4.69, 9.17) is 0 Å². The molecule has 3 rings (SSSR count). The molecule has 0 radical (unpaired) electrons. The number of nitrogens with two attached hydrogens (primary N) is 1. The fourth-order valence-electron chi connectivity index (χ4n) is 2.78. The van der Waals surface area contributed by atoms with E-state index >= 15 is 0 Å². The monoisotopic (exact) mass is 396 g/mol. The summed E-state index contributed by atoms with van der Waals surface area (Å²) >= 11 is 0. The third-order valence-corrected chi connectivity index (χ3v) is 6.38. The van der Waals surface area contributed by atoms with Crippen LogP contribution >= 0.6 is 0 Å². The predicted molar refractivity (Wildman–Crippen MR) is 114 cm³/mol. The van der Waals surface area contributed by atoms with Crippen LogP contribution in [0.3, 0.4) is 0 Å². The number of hydrogen-bond donors (Lipinski definition) is 1. The molecule has 3 aromatic carbocycles. The van der Waals surface area contributed by atoms with E-state index < -0.39 is 10.0 Å². The van der Waals surface area contributed by atoms with Crippen LogP contribution in [-0.2, 0) is 10.0 Å². The maximum atomic E-state index is 12.5. The number of benzene rings is 3. The first-order valence-electron chi connectivity index (χ1n) is 9.25. The summed E-state index contributed by atoms with van der Waals surface area (Å²) in [5.41, 5.74) is 1.91. The van der Waals surface area contributed by atoms with Gasteiger partial charge in [0, 0.05) is 7.05 Å². The minimum atomic E-state index is -3.39. The number of sulfonamides is 1. The van der Waals surface area contributed by atoms with Crippen LogP contribution in [0.1, 0.15) is 12.5 Å². The number of quaternary nitrogens is 1. The van der Waals surface area contributed by atoms with Crippen LogP contribution in [-0.4, -0.2) is 39.3 Å². The van der Waals surface area contributed by atoms with Gasteiger partial charge in [-0.1, -0.05) is 48.0 Å². The molecule has 1 unspecified atom stereocenters. The minimum absolute atomic E-state index is 0.00410. The first kappa shape index (κ1) is 20.0. The molecule has 0 aliphatic heterocycles. The Labute approximate surface area is 166 Å². The largest absolute Gasteiger partial charge is 0.357 e. The highest BCUT2D eigenvalue weighted by Crippen LogP contribution is 2.20. The van der Waals surface area contributed by atoms with E-state index in [0.717, 1.165) is 16.6 Å². The first-order chi connectivity index (χ1) is 13.3. The average molecular weight is 397 g/mol. The molecule has 5 nitrogen and oxygen atoms in total. The topological polar surface area (TPSA) is 66.3 Å². The summed E-state index contributed by atoms with van der Waals surface area (Å²) < 4.78 is 26.3. The number of nitrogens with zero attached hydrogens (tertiary/aromatic N) is 2. The highest BCUT2D eigenvalue weighted by molar-refractivity contribution is 7.84. The van der Waals surface area contributed by atoms with Gasteiger partial charge in [0.1, 0.15) is 11.4 Å². The second kappa shape index (κ2) is 8.54. The maximum Gasteiger partial charge on any atom is 0.324 e. The smallest absolute Gasteiger partial charge is 0.324 e. The van der Waals surface area contributed by atoms with Crippen molar-refractivity contribution >= 4 is 32.8 Å². The van der Waals surface area contributed by atoms with Gasteiger partial charge in [-0.05, 0) is 48.9 Å². The summed E-state index contributed by atoms with van der Waals surface area (Å²) in [5, 5.41) is 2.32. The van der Waals surface area contributed by atoms with Gasteiger partial charge in [0.15, 0.2) is 0 Å². The number of aryl methyl sites for hydroxylation is 1. The number of rotatable bonds is 7. The summed E-state index contributed by atoms with van der Waals surface area (Å²) in [6.07, 6.45) is 1.75. The fraction of sp³-hybridized carbons (Fsp3) is 0.227. The molecule has 0 aliphatic rings. The Morgan fingerprint density at radius 1 is 1.04 bits per heavy atom. The van der Waals surface area contributed by atoms with Crippen LogP contribution in [0.4, 0.5) is 5.69 Å². The van der Waals surface area contributed by atoms with Gasteiger partial charge in [-0.15, -0.1) is 0 Å². The van der Waals surface area contributed by atoms with E-state index in [1.54, 1.807) is 18.5 Å². The van der Waals surface area contributed by atoms with E-state index in [0.29, 0.717) is 11.4 Å². The van der Waals surface area contributed by atoms with Crippen molar-refractivity contribution in [1.82, 2.24) is 4.90 Å². The summed E-state index contributed by atoms with van der Waals surface area (Å²) in [4.78, 5) is 6.79. The molecule has 6 heteroatoms. The molecule has 0 spiro atoms. The fourth-order valence-corrected chi connectivity index (χ4v) is 4.02. The van der Waals surface area contributed by atoms with Gasteiger partial charge in [0.2, 0.25) is 0 Å². The summed E-state index contributed by atoms with van der Waals surface area (Å²) in [7, 11) is -1.49. The number of fused-ring (bicyclic) bond motifs is 1. The lowest BCUT2D eigenvalue weighted by Crippen LogP contribution is -2.89. The van der Waals surface area contributed by atoms with Crippen molar-refractivity contribution in [3.8, 4) is 0 Å². The molecule has 146 valence electrons. The number of hydrogen-bond acceptors (Lipinski definition) is 3. The van der Waals surface area contributed by atoms with Gasteiger partial charge in [-0.25, -0.2) is 9.71 Å². The lowest BCUT2D eigenvalue weighted by molar-refractivity contribution is -0.501. The SMILES string of the molecule is Cc1ccc(S(=O)(=O)[NH2+]CC(C)N(C)C=Nc2ccc3ccccc3c2)cc1. The number of aliphatic imine (C=N–C) groups is 1. The zero-order chi connectivity index (χ0) is 20.1. The van der Waals surface area contributed by atoms with Crippen LogP contribution in [0.25, 0.3) is 10.8 Å². The molecule has 28 heavy (non-hydrogen) atoms. The molecule has 0 aliphatic carbocycles. The molecule has 0 heterocycles. The highest BCUT2D eigenvalue weighted by atomic mass is 32.2. The highest BCUT2D eigenvalue weighted by Gasteiger charge is 2.19. The third kappa shape index (κ3) is 4.97. The lowest BCUT2D eigenvalue weighted by Gasteiger charge is -2.20. The van der Waals surface area contributed by atoms with Gasteiger partial charge in [0.05, 0.1) is 18.1 Å². The van der Waals surface area contributed by atoms with E-state index in [1.165, 1.54) is 10.1 Å². The Morgan fingerprint density at radius 3 is 2.43 bits per heavy atom. The minimum Gasteiger partial charge on any atom is -0.357 e. The van der Waals surface area contributed by atoms with Crippen LogP contribution in [0.2, 0.25) is 0 Å². The van der Waals surface area contributed by atoms with E-state index in [-0.39, 0.29) is 6.04 Å². The Bertz CT molecular complexity index is 1080. The maximum absolute atomic E-state index is 12.5. The van der Waals surface area contributed by atoms with Gasteiger partial charge >= 0.3 is 10.0 Å². The van der Waals surface area contributed by atoms with Gasteiger partial charge in [-0.2, -0.15) is 8.42 Å². The standard InChI is InChI=1S/C22H25N3O2S/c1-17-8-12-22(13-9-17)28(26,27)24-15-18(2)25(3)16-23-21-11-10-19-6-4-5-7-20(19)14-21/h4-14,16,18,24H,15H2,1-3H3/p+1. The zero-order valence-electron chi connectivity index (χ0n) is 16.4. The molecule has 0 amide bonds. The molecule has 0 saturated carbocycles. The van der Waals surface area contributed by atoms with Crippen molar-refractivity contribution in [2.45, 2.75) is 24.8 Å². The van der Waals surface area contributed by atoms with Crippen LogP contribution < -0.4 is 4.72 Å². The third-order valence-electron chi connectivity index (χ3n) is 4.82. The number of primary sulfonamides is 1.